The first-order valence-corrected chi connectivity index (χ1v) is 10.3. The molecule has 1 aromatic carbocycles. The van der Waals surface area contributed by atoms with Gasteiger partial charge in [0.1, 0.15) is 0 Å². The molecule has 0 amide bonds. The molecule has 1 saturated carbocycles. The summed E-state index contributed by atoms with van der Waals surface area (Å²) in [4.78, 5) is 5.30. The summed E-state index contributed by atoms with van der Waals surface area (Å²) in [5.74, 6) is -0.220. The lowest BCUT2D eigenvalue weighted by molar-refractivity contribution is -0.184. The van der Waals surface area contributed by atoms with Crippen LogP contribution in [0.3, 0.4) is 0 Å². The fraction of sp³-hybridized carbons (Fsp3) is 0.684. The first kappa shape index (κ1) is 17.2. The van der Waals surface area contributed by atoms with Crippen molar-refractivity contribution in [3.05, 3.63) is 33.4 Å². The van der Waals surface area contributed by atoms with Gasteiger partial charge in [0.05, 0.1) is 13.2 Å². The minimum Gasteiger partial charge on any atom is -0.348 e. The van der Waals surface area contributed by atoms with Gasteiger partial charge in [0.15, 0.2) is 5.79 Å². The van der Waals surface area contributed by atoms with Gasteiger partial charge in [-0.15, -0.1) is 0 Å². The van der Waals surface area contributed by atoms with Crippen molar-refractivity contribution in [2.45, 2.75) is 44.1 Å². The van der Waals surface area contributed by atoms with Crippen LogP contribution in [0.5, 0.6) is 0 Å². The van der Waals surface area contributed by atoms with E-state index in [4.69, 9.17) is 9.47 Å². The summed E-state index contributed by atoms with van der Waals surface area (Å²) in [7, 11) is 0. The molecule has 0 N–H and O–H groups in total. The maximum Gasteiger partial charge on any atom is 0.168 e. The zero-order valence-electron chi connectivity index (χ0n) is 14.3. The highest BCUT2D eigenvalue weighted by molar-refractivity contribution is 14.1. The highest BCUT2D eigenvalue weighted by Gasteiger charge is 2.41. The summed E-state index contributed by atoms with van der Waals surface area (Å²) in [6.07, 6.45) is 4.58. The van der Waals surface area contributed by atoms with Crippen molar-refractivity contribution in [3.8, 4) is 0 Å². The van der Waals surface area contributed by atoms with Crippen molar-refractivity contribution in [2.24, 2.45) is 0 Å². The summed E-state index contributed by atoms with van der Waals surface area (Å²) < 4.78 is 13.1. The maximum atomic E-state index is 5.86. The van der Waals surface area contributed by atoms with E-state index in [9.17, 15) is 0 Å². The summed E-state index contributed by atoms with van der Waals surface area (Å²) in [5.41, 5.74) is 1.46. The number of benzene rings is 1. The second-order valence-electron chi connectivity index (χ2n) is 7.24. The summed E-state index contributed by atoms with van der Waals surface area (Å²) in [6.45, 7) is 7.40. The lowest BCUT2D eigenvalue weighted by Crippen LogP contribution is -2.52. The van der Waals surface area contributed by atoms with Crippen molar-refractivity contribution in [1.82, 2.24) is 9.80 Å². The summed E-state index contributed by atoms with van der Waals surface area (Å²) >= 11 is 2.45. The van der Waals surface area contributed by atoms with Crippen LogP contribution in [0, 0.1) is 3.57 Å². The second kappa shape index (κ2) is 7.58. The van der Waals surface area contributed by atoms with E-state index in [-0.39, 0.29) is 5.79 Å². The van der Waals surface area contributed by atoms with Gasteiger partial charge in [-0.2, -0.15) is 0 Å². The van der Waals surface area contributed by atoms with Gasteiger partial charge in [-0.05, 0) is 47.1 Å². The Bertz CT molecular complexity index is 544. The van der Waals surface area contributed by atoms with E-state index in [0.717, 1.165) is 38.6 Å². The Labute approximate surface area is 158 Å². The normalized spacial score (nSPS) is 26.2. The molecule has 4 nitrogen and oxygen atoms in total. The molecular weight excluding hydrogens is 415 g/mol. The minimum absolute atomic E-state index is 0.220. The molecule has 3 fully saturated rings. The Morgan fingerprint density at radius 2 is 1.67 bits per heavy atom. The van der Waals surface area contributed by atoms with Crippen molar-refractivity contribution in [3.63, 3.8) is 0 Å². The van der Waals surface area contributed by atoms with Crippen LogP contribution in [-0.2, 0) is 16.0 Å². The van der Waals surface area contributed by atoms with E-state index < -0.39 is 0 Å². The molecular formula is C19H27IN2O2. The number of rotatable bonds is 3. The highest BCUT2D eigenvalue weighted by atomic mass is 127. The van der Waals surface area contributed by atoms with Crippen molar-refractivity contribution in [1.29, 1.82) is 0 Å². The molecule has 1 spiro atoms. The molecule has 132 valence electrons. The SMILES string of the molecule is Ic1ccccc1CN1CCN(C2CCC3(CC2)OCCO3)CC1. The standard InChI is InChI=1S/C19H27IN2O2/c20-18-4-2-1-3-16(18)15-21-9-11-22(12-10-21)17-5-7-19(8-6-17)23-13-14-24-19/h1-4,17H,5-15H2. The number of ether oxygens (including phenoxy) is 2. The monoisotopic (exact) mass is 442 g/mol. The van der Waals surface area contributed by atoms with E-state index >= 15 is 0 Å². The van der Waals surface area contributed by atoms with Gasteiger partial charge in [-0.3, -0.25) is 9.80 Å². The van der Waals surface area contributed by atoms with E-state index in [0.29, 0.717) is 0 Å². The molecule has 0 radical (unpaired) electrons. The molecule has 2 heterocycles. The molecule has 3 aliphatic rings. The van der Waals surface area contributed by atoms with E-state index in [2.05, 4.69) is 56.7 Å². The van der Waals surface area contributed by atoms with Crippen molar-refractivity contribution in [2.75, 3.05) is 39.4 Å². The average molecular weight is 442 g/mol. The van der Waals surface area contributed by atoms with Crippen LogP contribution in [0.25, 0.3) is 0 Å². The molecule has 4 rings (SSSR count). The molecule has 0 unspecified atom stereocenters. The number of hydrogen-bond donors (Lipinski definition) is 0. The molecule has 24 heavy (non-hydrogen) atoms. The molecule has 1 aliphatic carbocycles. The van der Waals surface area contributed by atoms with E-state index in [1.54, 1.807) is 0 Å². The minimum atomic E-state index is -0.220. The van der Waals surface area contributed by atoms with Gasteiger partial charge < -0.3 is 9.47 Å². The highest BCUT2D eigenvalue weighted by Crippen LogP contribution is 2.37. The molecule has 0 atom stereocenters. The van der Waals surface area contributed by atoms with Gasteiger partial charge in [-0.1, -0.05) is 18.2 Å². The van der Waals surface area contributed by atoms with Gasteiger partial charge in [-0.25, -0.2) is 0 Å². The first-order chi connectivity index (χ1) is 11.7. The van der Waals surface area contributed by atoms with E-state index in [1.165, 1.54) is 48.2 Å². The van der Waals surface area contributed by atoms with Crippen LogP contribution in [0.2, 0.25) is 0 Å². The molecule has 2 saturated heterocycles. The van der Waals surface area contributed by atoms with Crippen LogP contribution in [-0.4, -0.2) is 61.0 Å². The molecule has 0 bridgehead atoms. The Balaban J connectivity index is 1.25. The largest absolute Gasteiger partial charge is 0.348 e. The zero-order valence-corrected chi connectivity index (χ0v) is 16.4. The molecule has 5 heteroatoms. The lowest BCUT2D eigenvalue weighted by Gasteiger charge is -2.44. The predicted molar refractivity (Wildman–Crippen MR) is 103 cm³/mol. The van der Waals surface area contributed by atoms with Gasteiger partial charge in [0.2, 0.25) is 0 Å². The topological polar surface area (TPSA) is 24.9 Å². The predicted octanol–water partition coefficient (Wildman–Crippen LogP) is 3.09. The van der Waals surface area contributed by atoms with Crippen LogP contribution >= 0.6 is 22.6 Å². The first-order valence-electron chi connectivity index (χ1n) is 9.22. The number of hydrogen-bond acceptors (Lipinski definition) is 4. The summed E-state index contributed by atoms with van der Waals surface area (Å²) in [6, 6.07) is 9.46. The smallest absolute Gasteiger partial charge is 0.168 e. The van der Waals surface area contributed by atoms with Crippen molar-refractivity contribution >= 4 is 22.6 Å². The third-order valence-electron chi connectivity index (χ3n) is 5.81. The van der Waals surface area contributed by atoms with Crippen molar-refractivity contribution < 1.29 is 9.47 Å². The molecule has 1 aromatic rings. The fourth-order valence-corrected chi connectivity index (χ4v) is 4.91. The van der Waals surface area contributed by atoms with Crippen LogP contribution in [0.4, 0.5) is 0 Å². The Morgan fingerprint density at radius 1 is 1.00 bits per heavy atom. The number of halogens is 1. The van der Waals surface area contributed by atoms with Gasteiger partial charge >= 0.3 is 0 Å². The van der Waals surface area contributed by atoms with Gasteiger partial charge in [0, 0.05) is 55.2 Å². The third kappa shape index (κ3) is 3.80. The number of piperazine rings is 1. The third-order valence-corrected chi connectivity index (χ3v) is 6.86. The lowest BCUT2D eigenvalue weighted by atomic mass is 9.88. The van der Waals surface area contributed by atoms with Crippen LogP contribution in [0.1, 0.15) is 31.2 Å². The molecule has 2 aliphatic heterocycles. The maximum absolute atomic E-state index is 5.86. The van der Waals surface area contributed by atoms with Crippen LogP contribution in [0.15, 0.2) is 24.3 Å². The number of nitrogens with zero attached hydrogens (tertiary/aromatic N) is 2. The second-order valence-corrected chi connectivity index (χ2v) is 8.40. The average Bonchev–Trinajstić information content (AvgIpc) is 3.07. The van der Waals surface area contributed by atoms with Crippen LogP contribution < -0.4 is 0 Å². The summed E-state index contributed by atoms with van der Waals surface area (Å²) in [5, 5.41) is 0. The fourth-order valence-electron chi connectivity index (χ4n) is 4.35. The quantitative estimate of drug-likeness (QED) is 0.672. The Kier molecular flexibility index (Phi) is 5.44. The Hall–Kier alpha value is -0.210. The zero-order chi connectivity index (χ0) is 16.4. The van der Waals surface area contributed by atoms with Gasteiger partial charge in [0.25, 0.3) is 0 Å². The molecule has 0 aromatic heterocycles. The Morgan fingerprint density at radius 3 is 2.33 bits per heavy atom. The van der Waals surface area contributed by atoms with E-state index in [1.807, 2.05) is 0 Å².